The molecule has 0 aromatic heterocycles. The largest absolute Gasteiger partial charge is 0.370 e. The monoisotopic (exact) mass is 351 g/mol. The topological polar surface area (TPSA) is 53.1 Å². The molecule has 8 aliphatic carbocycles. The van der Waals surface area contributed by atoms with Crippen LogP contribution in [0, 0.1) is 40.9 Å². The smallest absolute Gasteiger partial charge is 0.189 e. The van der Waals surface area contributed by atoms with Gasteiger partial charge in [-0.25, -0.2) is 0 Å². The van der Waals surface area contributed by atoms with Crippen molar-refractivity contribution in [2.75, 3.05) is 0 Å². The summed E-state index contributed by atoms with van der Waals surface area (Å²) in [5.41, 5.74) is 9.18. The van der Waals surface area contributed by atoms with Crippen molar-refractivity contribution < 1.29 is 0 Å². The summed E-state index contributed by atoms with van der Waals surface area (Å²) >= 11 is 0. The molecule has 0 radical (unpaired) electrons. The predicted octanol–water partition coefficient (Wildman–Crippen LogP) is 4.45. The molecule has 8 saturated carbocycles. The second-order valence-electron chi connectivity index (χ2n) is 10.9. The Balaban J connectivity index is 1.49. The highest BCUT2D eigenvalue weighted by Crippen LogP contribution is 2.66. The van der Waals surface area contributed by atoms with Crippen LogP contribution in [0.3, 0.4) is 0 Å². The van der Waals surface area contributed by atoms with Crippen LogP contribution in [0.1, 0.15) is 64.2 Å². The summed E-state index contributed by atoms with van der Waals surface area (Å²) in [7, 11) is 0. The van der Waals surface area contributed by atoms with Crippen LogP contribution in [0.15, 0.2) is 24.3 Å². The molecule has 26 heavy (non-hydrogen) atoms. The Kier molecular flexibility index (Phi) is 2.90. The number of hydrogen-bond donors (Lipinski definition) is 2. The first-order chi connectivity index (χ1) is 12.4. The molecule has 0 aromatic carbocycles. The highest BCUT2D eigenvalue weighted by Gasteiger charge is 2.64. The molecule has 4 unspecified atom stereocenters. The lowest BCUT2D eigenvalue weighted by Crippen LogP contribution is -2.74. The van der Waals surface area contributed by atoms with E-state index in [1.165, 1.54) is 75.4 Å². The maximum absolute atomic E-state index is 8.72. The molecule has 0 saturated heterocycles. The van der Waals surface area contributed by atoms with E-state index in [1.807, 2.05) is 0 Å². The van der Waals surface area contributed by atoms with Crippen molar-refractivity contribution in [3.8, 4) is 0 Å². The normalized spacial score (nSPS) is 53.4. The van der Waals surface area contributed by atoms with E-state index in [0.717, 1.165) is 23.7 Å². The number of guanidine groups is 1. The van der Waals surface area contributed by atoms with Gasteiger partial charge in [0.2, 0.25) is 0 Å². The highest BCUT2D eigenvalue weighted by molar-refractivity contribution is 5.78. The predicted molar refractivity (Wildman–Crippen MR) is 105 cm³/mol. The highest BCUT2D eigenvalue weighted by atomic mass is 15.4. The average molecular weight is 352 g/mol. The molecule has 140 valence electrons. The van der Waals surface area contributed by atoms with Crippen LogP contribution in [0.4, 0.5) is 0 Å². The van der Waals surface area contributed by atoms with Crippen molar-refractivity contribution in [1.29, 1.82) is 5.41 Å². The lowest BCUT2D eigenvalue weighted by atomic mass is 9.46. The first-order valence-electron chi connectivity index (χ1n) is 10.9. The number of nitrogens with two attached hydrogens (primary N) is 1. The minimum absolute atomic E-state index is 0.0464. The second kappa shape index (κ2) is 4.77. The molecule has 0 spiro atoms. The Hall–Kier alpha value is -1.25. The van der Waals surface area contributed by atoms with Crippen molar-refractivity contribution in [2.24, 2.45) is 41.2 Å². The SMILES string of the molecule is C=C1C2CC3CC(C2)CC1(N(C(=N)N)C12CC4CC(CC(C4)C1=C)C2)C3. The maximum atomic E-state index is 8.72. The third-order valence-corrected chi connectivity index (χ3v) is 9.59. The van der Waals surface area contributed by atoms with Crippen molar-refractivity contribution in [3.63, 3.8) is 0 Å². The number of nitrogens with zero attached hydrogens (tertiary/aromatic N) is 1. The van der Waals surface area contributed by atoms with Gasteiger partial charge in [-0.1, -0.05) is 13.2 Å². The Morgan fingerprint density at radius 3 is 1.42 bits per heavy atom. The van der Waals surface area contributed by atoms with Crippen LogP contribution >= 0.6 is 0 Å². The van der Waals surface area contributed by atoms with Gasteiger partial charge in [-0.2, -0.15) is 0 Å². The summed E-state index contributed by atoms with van der Waals surface area (Å²) < 4.78 is 0. The first kappa shape index (κ1) is 15.8. The third-order valence-electron chi connectivity index (χ3n) is 9.59. The zero-order valence-electron chi connectivity index (χ0n) is 16.0. The Morgan fingerprint density at radius 2 is 1.12 bits per heavy atom. The summed E-state index contributed by atoms with van der Waals surface area (Å²) in [6.07, 6.45) is 12.9. The van der Waals surface area contributed by atoms with Crippen LogP contribution in [-0.2, 0) is 0 Å². The van der Waals surface area contributed by atoms with Gasteiger partial charge in [-0.15, -0.1) is 0 Å². The zero-order chi connectivity index (χ0) is 17.8. The maximum Gasteiger partial charge on any atom is 0.189 e. The molecule has 0 aromatic rings. The zero-order valence-corrected chi connectivity index (χ0v) is 16.0. The van der Waals surface area contributed by atoms with Crippen LogP contribution in [0.25, 0.3) is 0 Å². The molecule has 8 bridgehead atoms. The van der Waals surface area contributed by atoms with Gasteiger partial charge in [0.05, 0.1) is 11.1 Å². The van der Waals surface area contributed by atoms with Crippen LogP contribution in [0.2, 0.25) is 0 Å². The minimum atomic E-state index is -0.0464. The lowest BCUT2D eigenvalue weighted by molar-refractivity contribution is -0.0929. The average Bonchev–Trinajstić information content (AvgIpc) is 2.55. The molecule has 8 aliphatic rings. The molecule has 8 fully saturated rings. The molecule has 3 nitrogen and oxygen atoms in total. The lowest BCUT2D eigenvalue weighted by Gasteiger charge is -2.70. The molecule has 0 aliphatic heterocycles. The van der Waals surface area contributed by atoms with Crippen molar-refractivity contribution in [1.82, 2.24) is 4.90 Å². The molecule has 3 heteroatoms. The minimum Gasteiger partial charge on any atom is -0.370 e. The van der Waals surface area contributed by atoms with Gasteiger partial charge in [0.25, 0.3) is 0 Å². The van der Waals surface area contributed by atoms with Crippen LogP contribution < -0.4 is 5.73 Å². The van der Waals surface area contributed by atoms with Crippen LogP contribution in [0.5, 0.6) is 0 Å². The van der Waals surface area contributed by atoms with Crippen molar-refractivity contribution in [3.05, 3.63) is 24.3 Å². The van der Waals surface area contributed by atoms with Gasteiger partial charge in [-0.3, -0.25) is 5.41 Å². The summed E-state index contributed by atoms with van der Waals surface area (Å²) in [4.78, 5) is 2.44. The van der Waals surface area contributed by atoms with Gasteiger partial charge in [0, 0.05) is 0 Å². The van der Waals surface area contributed by atoms with E-state index in [0.29, 0.717) is 17.8 Å². The van der Waals surface area contributed by atoms with E-state index in [-0.39, 0.29) is 11.1 Å². The first-order valence-corrected chi connectivity index (χ1v) is 10.9. The third kappa shape index (κ3) is 1.74. The molecule has 0 amide bonds. The Labute approximate surface area is 157 Å². The van der Waals surface area contributed by atoms with E-state index in [2.05, 4.69) is 18.1 Å². The quantitative estimate of drug-likeness (QED) is 0.439. The Bertz CT molecular complexity index is 639. The Morgan fingerprint density at radius 1 is 0.769 bits per heavy atom. The fourth-order valence-electron chi connectivity index (χ4n) is 9.25. The fraction of sp³-hybridized carbons (Fsp3) is 0.783. The van der Waals surface area contributed by atoms with E-state index in [1.54, 1.807) is 0 Å². The molecular weight excluding hydrogens is 318 g/mol. The standard InChI is InChI=1S/C23H33N3/c1-13-19-5-15-3-16(6-19)10-22(13,9-15)26(21(24)25)23-11-17-4-18(12-23)8-20(7-17)14(23)2/h15-20H,1-12H2,(H3,24,25). The second-order valence-corrected chi connectivity index (χ2v) is 10.9. The summed E-state index contributed by atoms with van der Waals surface area (Å²) in [5.74, 6) is 4.93. The summed E-state index contributed by atoms with van der Waals surface area (Å²) in [5, 5.41) is 8.72. The van der Waals surface area contributed by atoms with Gasteiger partial charge in [-0.05, 0) is 111 Å². The molecule has 3 N–H and O–H groups in total. The van der Waals surface area contributed by atoms with Gasteiger partial charge >= 0.3 is 0 Å². The van der Waals surface area contributed by atoms with Gasteiger partial charge < -0.3 is 10.6 Å². The molecule has 0 heterocycles. The van der Waals surface area contributed by atoms with Crippen molar-refractivity contribution in [2.45, 2.75) is 75.3 Å². The number of nitrogens with one attached hydrogen (secondary N) is 1. The molecule has 4 atom stereocenters. The number of hydrogen-bond acceptors (Lipinski definition) is 1. The van der Waals surface area contributed by atoms with E-state index < -0.39 is 0 Å². The summed E-state index contributed by atoms with van der Waals surface area (Å²) in [6.45, 7) is 9.32. The van der Waals surface area contributed by atoms with Crippen LogP contribution in [-0.4, -0.2) is 21.9 Å². The van der Waals surface area contributed by atoms with Gasteiger partial charge in [0.1, 0.15) is 0 Å². The summed E-state index contributed by atoms with van der Waals surface area (Å²) in [6, 6.07) is 0. The van der Waals surface area contributed by atoms with E-state index >= 15 is 0 Å². The van der Waals surface area contributed by atoms with Crippen molar-refractivity contribution >= 4 is 5.96 Å². The van der Waals surface area contributed by atoms with E-state index in [9.17, 15) is 0 Å². The molecular formula is C23H33N3. The number of rotatable bonds is 2. The fourth-order valence-corrected chi connectivity index (χ4v) is 9.25. The van der Waals surface area contributed by atoms with Gasteiger partial charge in [0.15, 0.2) is 5.96 Å². The van der Waals surface area contributed by atoms with E-state index in [4.69, 9.17) is 11.1 Å². The molecule has 8 rings (SSSR count).